The van der Waals surface area contributed by atoms with Gasteiger partial charge in [0.25, 0.3) is 0 Å². The lowest BCUT2D eigenvalue weighted by Crippen LogP contribution is -2.55. The molecule has 0 aliphatic carbocycles. The van der Waals surface area contributed by atoms with Crippen LogP contribution in [0.5, 0.6) is 5.88 Å². The highest BCUT2D eigenvalue weighted by Crippen LogP contribution is 2.71. The first-order chi connectivity index (χ1) is 16.2. The monoisotopic (exact) mass is 490 g/mol. The number of anilines is 2. The minimum atomic E-state index is -3.53. The van der Waals surface area contributed by atoms with Crippen LogP contribution in [0.1, 0.15) is 25.3 Å². The second kappa shape index (κ2) is 7.72. The van der Waals surface area contributed by atoms with Gasteiger partial charge in [-0.2, -0.15) is 10.6 Å². The number of amidine groups is 1. The normalized spacial score (nSPS) is 28.4. The van der Waals surface area contributed by atoms with E-state index < -0.39 is 38.6 Å². The van der Waals surface area contributed by atoms with E-state index >= 15 is 4.39 Å². The van der Waals surface area contributed by atoms with Crippen molar-refractivity contribution in [3.05, 3.63) is 48.0 Å². The maximum absolute atomic E-state index is 15.1. The van der Waals surface area contributed by atoms with Crippen LogP contribution in [0.3, 0.4) is 0 Å². The highest BCUT2D eigenvalue weighted by molar-refractivity contribution is 8.26. The molecule has 1 fully saturated rings. The lowest BCUT2D eigenvalue weighted by molar-refractivity contribution is 0.368. The van der Waals surface area contributed by atoms with Gasteiger partial charge < -0.3 is 15.8 Å². The fourth-order valence-corrected chi connectivity index (χ4v) is 7.70. The third kappa shape index (κ3) is 3.05. The van der Waals surface area contributed by atoms with Crippen LogP contribution in [-0.4, -0.2) is 53.7 Å². The largest absolute Gasteiger partial charge is 0.480 e. The van der Waals surface area contributed by atoms with Gasteiger partial charge in [-0.15, -0.1) is 0 Å². The Morgan fingerprint density at radius 2 is 2.09 bits per heavy atom. The minimum absolute atomic E-state index is 0.118. The van der Waals surface area contributed by atoms with Gasteiger partial charge in [-0.25, -0.2) is 23.7 Å². The smallest absolute Gasteiger partial charge is 0.232 e. The van der Waals surface area contributed by atoms with Crippen molar-refractivity contribution in [2.24, 2.45) is 10.7 Å². The van der Waals surface area contributed by atoms with Gasteiger partial charge in [0, 0.05) is 17.4 Å². The van der Waals surface area contributed by atoms with E-state index in [1.165, 1.54) is 31.5 Å². The molecule has 0 amide bonds. The molecule has 3 aromatic rings. The third-order valence-electron chi connectivity index (χ3n) is 6.87. The zero-order valence-corrected chi connectivity index (χ0v) is 19.3. The lowest BCUT2D eigenvalue weighted by Gasteiger charge is -2.54. The molecule has 0 radical (unpaired) electrons. The summed E-state index contributed by atoms with van der Waals surface area (Å²) in [7, 11) is -2.04. The van der Waals surface area contributed by atoms with Crippen molar-refractivity contribution in [3.8, 4) is 5.88 Å². The number of aliphatic imine (C=N–C) groups is 1. The molecular weight excluding hydrogens is 466 g/mol. The van der Waals surface area contributed by atoms with Gasteiger partial charge in [0.2, 0.25) is 5.88 Å². The Balaban J connectivity index is 1.57. The molecule has 5 rings (SSSR count). The number of methoxy groups -OCH3 is 1. The van der Waals surface area contributed by atoms with Crippen molar-refractivity contribution in [1.29, 1.82) is 0 Å². The molecule has 1 saturated heterocycles. The standard InChI is InChI=1S/C22H24F2N6O3S/c1-21(16-5-7-22(11-23,20(25)30-21)34(16,31)32)13-9-12(3-4-14(13)24)28-19-18-15(6-8-26-19)29-17(33-2)10-27-18/h3-4,6,8-10,16,31-32H,5,7,11H2,1-2H3,(H2,25,30)(H,26,28)/t16-,21+,22-/m0/s1. The number of hydrogen-bond acceptors (Lipinski definition) is 9. The van der Waals surface area contributed by atoms with Crippen molar-refractivity contribution < 1.29 is 22.6 Å². The summed E-state index contributed by atoms with van der Waals surface area (Å²) in [5.41, 5.74) is 6.32. The average molecular weight is 491 g/mol. The summed E-state index contributed by atoms with van der Waals surface area (Å²) in [4.78, 5) is 17.5. The quantitative estimate of drug-likeness (QED) is 0.419. The molecule has 9 nitrogen and oxygen atoms in total. The van der Waals surface area contributed by atoms with Gasteiger partial charge in [0.15, 0.2) is 5.82 Å². The molecule has 2 bridgehead atoms. The maximum atomic E-state index is 15.1. The van der Waals surface area contributed by atoms with Crippen molar-refractivity contribution in [2.45, 2.75) is 35.3 Å². The van der Waals surface area contributed by atoms with Gasteiger partial charge in [-0.3, -0.25) is 14.1 Å². The Hall–Kier alpha value is -3.09. The summed E-state index contributed by atoms with van der Waals surface area (Å²) in [5, 5.41) is 2.25. The predicted molar refractivity (Wildman–Crippen MR) is 127 cm³/mol. The Bertz CT molecular complexity index is 1330. The van der Waals surface area contributed by atoms with Crippen LogP contribution in [0.2, 0.25) is 0 Å². The van der Waals surface area contributed by atoms with Gasteiger partial charge in [-0.05, 0) is 44.0 Å². The highest BCUT2D eigenvalue weighted by atomic mass is 32.3. The average Bonchev–Trinajstić information content (AvgIpc) is 3.03. The first-order valence-electron chi connectivity index (χ1n) is 10.6. The number of hydrogen-bond donors (Lipinski definition) is 4. The number of ether oxygens (including phenoxy) is 1. The third-order valence-corrected chi connectivity index (χ3v) is 10.0. The molecule has 12 heteroatoms. The molecule has 3 atom stereocenters. The molecular formula is C22H24F2N6O3S. The number of rotatable bonds is 5. The highest BCUT2D eigenvalue weighted by Gasteiger charge is 2.65. The zero-order valence-electron chi connectivity index (χ0n) is 18.5. The van der Waals surface area contributed by atoms with E-state index in [1.807, 2.05) is 0 Å². The second-order valence-electron chi connectivity index (χ2n) is 8.65. The predicted octanol–water partition coefficient (Wildman–Crippen LogP) is 4.12. The van der Waals surface area contributed by atoms with Gasteiger partial charge in [0.05, 0.1) is 24.1 Å². The van der Waals surface area contributed by atoms with Crippen LogP contribution in [0, 0.1) is 5.82 Å². The van der Waals surface area contributed by atoms with Gasteiger partial charge in [0.1, 0.15) is 34.1 Å². The number of halogens is 2. The Morgan fingerprint density at radius 3 is 2.82 bits per heavy atom. The Morgan fingerprint density at radius 1 is 1.29 bits per heavy atom. The van der Waals surface area contributed by atoms with E-state index in [1.54, 1.807) is 19.2 Å². The molecule has 4 heterocycles. The molecule has 0 saturated carbocycles. The Kier molecular flexibility index (Phi) is 5.15. The number of benzene rings is 1. The van der Waals surface area contributed by atoms with Gasteiger partial charge in [-0.1, -0.05) is 0 Å². The van der Waals surface area contributed by atoms with Crippen molar-refractivity contribution in [1.82, 2.24) is 15.0 Å². The van der Waals surface area contributed by atoms with E-state index in [4.69, 9.17) is 10.5 Å². The number of fused-ring (bicyclic) bond motifs is 3. The number of nitrogens with one attached hydrogen (secondary N) is 1. The molecule has 5 N–H and O–H groups in total. The van der Waals surface area contributed by atoms with Crippen molar-refractivity contribution in [3.63, 3.8) is 0 Å². The number of pyridine rings is 1. The summed E-state index contributed by atoms with van der Waals surface area (Å²) in [6, 6.07) is 5.99. The number of aromatic nitrogens is 3. The van der Waals surface area contributed by atoms with Gasteiger partial charge >= 0.3 is 0 Å². The second-order valence-corrected chi connectivity index (χ2v) is 11.2. The summed E-state index contributed by atoms with van der Waals surface area (Å²) in [5.74, 6) is -0.0308. The molecule has 180 valence electrons. The molecule has 0 unspecified atom stereocenters. The van der Waals surface area contributed by atoms with Crippen LogP contribution < -0.4 is 15.8 Å². The maximum Gasteiger partial charge on any atom is 0.232 e. The fourth-order valence-electron chi connectivity index (χ4n) is 4.95. The first kappa shape index (κ1) is 22.7. The number of nitrogens with two attached hydrogens (primary N) is 1. The van der Waals surface area contributed by atoms with Crippen molar-refractivity contribution in [2.75, 3.05) is 19.1 Å². The molecule has 34 heavy (non-hydrogen) atoms. The number of nitrogens with zero attached hydrogens (tertiary/aromatic N) is 4. The van der Waals surface area contributed by atoms with E-state index in [2.05, 4.69) is 25.3 Å². The molecule has 2 aliphatic rings. The minimum Gasteiger partial charge on any atom is -0.480 e. The summed E-state index contributed by atoms with van der Waals surface area (Å²) in [6.07, 6.45) is 3.42. The van der Waals surface area contributed by atoms with Crippen LogP contribution in [0.15, 0.2) is 41.7 Å². The van der Waals surface area contributed by atoms with Crippen LogP contribution in [0.4, 0.5) is 20.3 Å². The SMILES string of the molecule is COc1cnc2c(Nc3ccc(F)c([C@@]4(C)N=C(N)[C@@]5(CF)CC[C@@H]4S5(O)O)c3)nccc2n1. The van der Waals surface area contributed by atoms with Crippen molar-refractivity contribution >= 4 is 39.0 Å². The molecule has 2 aliphatic heterocycles. The summed E-state index contributed by atoms with van der Waals surface area (Å²) < 4.78 is 54.6. The lowest BCUT2D eigenvalue weighted by atomic mass is 9.86. The van der Waals surface area contributed by atoms with E-state index in [0.717, 1.165) is 0 Å². The molecule has 2 aromatic heterocycles. The van der Waals surface area contributed by atoms with Crippen LogP contribution in [0.25, 0.3) is 11.0 Å². The summed E-state index contributed by atoms with van der Waals surface area (Å²) >= 11 is 0. The van der Waals surface area contributed by atoms with E-state index in [-0.39, 0.29) is 24.2 Å². The Labute approximate surface area is 195 Å². The van der Waals surface area contributed by atoms with E-state index in [0.29, 0.717) is 28.4 Å². The zero-order chi connectivity index (χ0) is 24.3. The van der Waals surface area contributed by atoms with Crippen LogP contribution >= 0.6 is 10.6 Å². The fraction of sp³-hybridized carbons (Fsp3) is 0.364. The topological polar surface area (TPSA) is 139 Å². The first-order valence-corrected chi connectivity index (χ1v) is 12.2. The van der Waals surface area contributed by atoms with Crippen LogP contribution in [-0.2, 0) is 5.54 Å². The molecule has 0 spiro atoms. The molecule has 1 aromatic carbocycles. The number of alkyl halides is 1. The summed E-state index contributed by atoms with van der Waals surface area (Å²) in [6.45, 7) is 0.572. The van der Waals surface area contributed by atoms with E-state index in [9.17, 15) is 13.5 Å².